The Kier molecular flexibility index (Phi) is 5.27. The lowest BCUT2D eigenvalue weighted by Crippen LogP contribution is -2.47. The maximum Gasteiger partial charge on any atom is 0.270 e. The molecular formula is C22H27N5O4S. The van der Waals surface area contributed by atoms with Gasteiger partial charge in [-0.2, -0.15) is 5.10 Å². The van der Waals surface area contributed by atoms with E-state index in [0.717, 1.165) is 36.1 Å². The van der Waals surface area contributed by atoms with Crippen molar-refractivity contribution in [3.63, 3.8) is 0 Å². The van der Waals surface area contributed by atoms with Gasteiger partial charge in [-0.15, -0.1) is 0 Å². The molecule has 2 fully saturated rings. The Bertz CT molecular complexity index is 1220. The van der Waals surface area contributed by atoms with Crippen molar-refractivity contribution in [2.75, 3.05) is 18.1 Å². The van der Waals surface area contributed by atoms with Crippen LogP contribution in [0.1, 0.15) is 50.4 Å². The van der Waals surface area contributed by atoms with Gasteiger partial charge in [-0.05, 0) is 37.8 Å². The molecule has 0 aliphatic carbocycles. The zero-order chi connectivity index (χ0) is 22.5. The first-order chi connectivity index (χ1) is 15.3. The predicted molar refractivity (Wildman–Crippen MR) is 120 cm³/mol. The number of hydrogen-bond acceptors (Lipinski definition) is 6. The van der Waals surface area contributed by atoms with Crippen LogP contribution in [0.5, 0.6) is 0 Å². The Hall–Kier alpha value is -2.75. The number of hydrazone groups is 1. The number of hydrogen-bond donors (Lipinski definition) is 0. The standard InChI is InChI=1S/C22H27N5O4S/c1-25-18-7-3-2-6-16(18)23-21(25)19-8-4-5-12-26(19)22(29)17-9-10-20(28)27(24-17)15-11-13-32(30,31)14-15/h2-3,6-7,15,19H,4-5,8-14H2,1H3/t15-,19-/m0/s1. The van der Waals surface area contributed by atoms with E-state index in [2.05, 4.69) is 5.10 Å². The number of benzene rings is 1. The second-order valence-electron chi connectivity index (χ2n) is 8.87. The SMILES string of the molecule is Cn1c([C@@H]2CCCCN2C(=O)C2=NN([C@H]3CCS(=O)(=O)C3)C(=O)CC2)nc2ccccc21. The van der Waals surface area contributed by atoms with Crippen molar-refractivity contribution in [1.82, 2.24) is 19.5 Å². The molecular weight excluding hydrogens is 430 g/mol. The highest BCUT2D eigenvalue weighted by Crippen LogP contribution is 2.33. The average molecular weight is 458 g/mol. The molecule has 0 N–H and O–H groups in total. The Morgan fingerprint density at radius 2 is 1.94 bits per heavy atom. The van der Waals surface area contributed by atoms with Gasteiger partial charge < -0.3 is 9.47 Å². The molecule has 5 rings (SSSR count). The molecule has 2 atom stereocenters. The van der Waals surface area contributed by atoms with E-state index in [-0.39, 0.29) is 42.2 Å². The number of aryl methyl sites for hydroxylation is 1. The maximum absolute atomic E-state index is 13.6. The minimum absolute atomic E-state index is 0.0567. The van der Waals surface area contributed by atoms with Crippen LogP contribution in [0.2, 0.25) is 0 Å². The van der Waals surface area contributed by atoms with Gasteiger partial charge in [-0.1, -0.05) is 12.1 Å². The zero-order valence-corrected chi connectivity index (χ0v) is 18.9. The molecule has 3 aliphatic rings. The molecule has 10 heteroatoms. The van der Waals surface area contributed by atoms with E-state index in [1.54, 1.807) is 0 Å². The summed E-state index contributed by atoms with van der Waals surface area (Å²) in [7, 11) is -1.19. The van der Waals surface area contributed by atoms with Crippen LogP contribution in [-0.2, 0) is 26.5 Å². The van der Waals surface area contributed by atoms with Crippen molar-refractivity contribution < 1.29 is 18.0 Å². The third kappa shape index (κ3) is 3.70. The van der Waals surface area contributed by atoms with Crippen LogP contribution in [0.3, 0.4) is 0 Å². The number of carbonyl (C=O) groups is 2. The normalized spacial score (nSPS) is 25.9. The van der Waals surface area contributed by atoms with Crippen LogP contribution >= 0.6 is 0 Å². The van der Waals surface area contributed by atoms with Crippen LogP contribution in [0.4, 0.5) is 0 Å². The highest BCUT2D eigenvalue weighted by molar-refractivity contribution is 7.91. The Morgan fingerprint density at radius 3 is 2.69 bits per heavy atom. The summed E-state index contributed by atoms with van der Waals surface area (Å²) in [6, 6.07) is 7.28. The number of nitrogens with zero attached hydrogens (tertiary/aromatic N) is 5. The van der Waals surface area contributed by atoms with Crippen molar-refractivity contribution in [2.24, 2.45) is 12.1 Å². The van der Waals surface area contributed by atoms with Gasteiger partial charge in [-0.25, -0.2) is 18.4 Å². The first kappa shape index (κ1) is 21.1. The molecule has 2 aromatic rings. The molecule has 3 aliphatic heterocycles. The summed E-state index contributed by atoms with van der Waals surface area (Å²) in [6.45, 7) is 0.609. The minimum atomic E-state index is -3.16. The molecule has 0 saturated carbocycles. The monoisotopic (exact) mass is 457 g/mol. The van der Waals surface area contributed by atoms with Crippen molar-refractivity contribution in [3.8, 4) is 0 Å². The van der Waals surface area contributed by atoms with Crippen LogP contribution in [0.15, 0.2) is 29.4 Å². The number of sulfone groups is 1. The van der Waals surface area contributed by atoms with E-state index in [4.69, 9.17) is 4.98 Å². The van der Waals surface area contributed by atoms with Crippen molar-refractivity contribution in [1.29, 1.82) is 0 Å². The van der Waals surface area contributed by atoms with Gasteiger partial charge in [0.2, 0.25) is 5.91 Å². The molecule has 2 amide bonds. The van der Waals surface area contributed by atoms with E-state index in [0.29, 0.717) is 18.7 Å². The Labute approximate surface area is 187 Å². The molecule has 0 spiro atoms. The minimum Gasteiger partial charge on any atom is -0.329 e. The van der Waals surface area contributed by atoms with Gasteiger partial charge in [0.15, 0.2) is 9.84 Å². The molecule has 2 saturated heterocycles. The number of likely N-dealkylation sites (tertiary alicyclic amines) is 1. The maximum atomic E-state index is 13.6. The number of amides is 2. The van der Waals surface area contributed by atoms with Gasteiger partial charge in [0.05, 0.1) is 34.6 Å². The molecule has 0 bridgehead atoms. The average Bonchev–Trinajstić information content (AvgIpc) is 3.33. The Balaban J connectivity index is 1.44. The molecule has 9 nitrogen and oxygen atoms in total. The number of para-hydroxylation sites is 2. The third-order valence-electron chi connectivity index (χ3n) is 6.74. The summed E-state index contributed by atoms with van der Waals surface area (Å²) in [4.78, 5) is 32.7. The number of piperidine rings is 1. The van der Waals surface area contributed by atoms with Gasteiger partial charge in [0.1, 0.15) is 11.5 Å². The highest BCUT2D eigenvalue weighted by Gasteiger charge is 2.39. The number of rotatable bonds is 3. The largest absolute Gasteiger partial charge is 0.329 e. The van der Waals surface area contributed by atoms with E-state index >= 15 is 0 Å². The lowest BCUT2D eigenvalue weighted by atomic mass is 9.99. The third-order valence-corrected chi connectivity index (χ3v) is 8.49. The number of fused-ring (bicyclic) bond motifs is 1. The Morgan fingerprint density at radius 1 is 1.12 bits per heavy atom. The lowest BCUT2D eigenvalue weighted by Gasteiger charge is -2.36. The van der Waals surface area contributed by atoms with E-state index in [1.807, 2.05) is 40.8 Å². The first-order valence-corrected chi connectivity index (χ1v) is 13.0. The summed E-state index contributed by atoms with van der Waals surface area (Å²) in [5, 5.41) is 5.66. The molecule has 0 radical (unpaired) electrons. The van der Waals surface area contributed by atoms with Gasteiger partial charge in [0.25, 0.3) is 5.91 Å². The number of imidazole rings is 1. The number of aromatic nitrogens is 2. The fourth-order valence-electron chi connectivity index (χ4n) is 5.05. The topological polar surface area (TPSA) is 105 Å². The second kappa shape index (κ2) is 7.99. The van der Waals surface area contributed by atoms with Crippen LogP contribution in [-0.4, -0.2) is 69.5 Å². The molecule has 32 heavy (non-hydrogen) atoms. The van der Waals surface area contributed by atoms with Crippen molar-refractivity contribution in [3.05, 3.63) is 30.1 Å². The van der Waals surface area contributed by atoms with E-state index < -0.39 is 15.9 Å². The molecule has 1 aromatic carbocycles. The fourth-order valence-corrected chi connectivity index (χ4v) is 6.74. The molecule has 1 aromatic heterocycles. The summed E-state index contributed by atoms with van der Waals surface area (Å²) >= 11 is 0. The van der Waals surface area contributed by atoms with E-state index in [9.17, 15) is 18.0 Å². The van der Waals surface area contributed by atoms with Crippen LogP contribution < -0.4 is 0 Å². The summed E-state index contributed by atoms with van der Waals surface area (Å²) in [5.74, 6) is 0.427. The van der Waals surface area contributed by atoms with Gasteiger partial charge >= 0.3 is 0 Å². The molecule has 170 valence electrons. The summed E-state index contributed by atoms with van der Waals surface area (Å²) < 4.78 is 25.8. The van der Waals surface area contributed by atoms with Crippen molar-refractivity contribution in [2.45, 2.75) is 50.6 Å². The van der Waals surface area contributed by atoms with E-state index in [1.165, 1.54) is 5.01 Å². The van der Waals surface area contributed by atoms with Gasteiger partial charge in [-0.3, -0.25) is 9.59 Å². The fraction of sp³-hybridized carbons (Fsp3) is 0.545. The quantitative estimate of drug-likeness (QED) is 0.699. The summed E-state index contributed by atoms with van der Waals surface area (Å²) in [6.07, 6.45) is 3.55. The lowest BCUT2D eigenvalue weighted by molar-refractivity contribution is -0.134. The molecule has 0 unspecified atom stereocenters. The van der Waals surface area contributed by atoms with Crippen molar-refractivity contribution >= 4 is 38.4 Å². The van der Waals surface area contributed by atoms with Crippen LogP contribution in [0.25, 0.3) is 11.0 Å². The second-order valence-corrected chi connectivity index (χ2v) is 11.1. The summed E-state index contributed by atoms with van der Waals surface area (Å²) in [5.41, 5.74) is 2.26. The smallest absolute Gasteiger partial charge is 0.270 e. The number of carbonyl (C=O) groups excluding carboxylic acids is 2. The molecule has 4 heterocycles. The first-order valence-electron chi connectivity index (χ1n) is 11.2. The highest BCUT2D eigenvalue weighted by atomic mass is 32.2. The zero-order valence-electron chi connectivity index (χ0n) is 18.1. The predicted octanol–water partition coefficient (Wildman–Crippen LogP) is 1.79. The van der Waals surface area contributed by atoms with Gasteiger partial charge in [0, 0.05) is 26.4 Å². The van der Waals surface area contributed by atoms with Crippen LogP contribution in [0, 0.1) is 0 Å².